The van der Waals surface area contributed by atoms with E-state index >= 15 is 0 Å². The van der Waals surface area contributed by atoms with Gasteiger partial charge in [-0.15, -0.1) is 0 Å². The lowest BCUT2D eigenvalue weighted by Crippen LogP contribution is -2.23. The average Bonchev–Trinajstić information content (AvgIpc) is 2.86. The lowest BCUT2D eigenvalue weighted by Gasteiger charge is -2.06. The van der Waals surface area contributed by atoms with Gasteiger partial charge in [0.2, 0.25) is 0 Å². The fraction of sp³-hybridized carbons (Fsp3) is 0.438. The maximum atomic E-state index is 5.87. The number of hydrogen-bond acceptors (Lipinski definition) is 3. The van der Waals surface area contributed by atoms with E-state index in [0.29, 0.717) is 6.04 Å². The molecule has 108 valence electrons. The van der Waals surface area contributed by atoms with E-state index in [4.69, 9.17) is 4.42 Å². The Labute approximate surface area is 134 Å². The van der Waals surface area contributed by atoms with Crippen LogP contribution >= 0.6 is 22.6 Å². The highest BCUT2D eigenvalue weighted by Gasteiger charge is 2.10. The van der Waals surface area contributed by atoms with Crippen molar-refractivity contribution in [1.29, 1.82) is 0 Å². The Morgan fingerprint density at radius 1 is 1.35 bits per heavy atom. The number of rotatable bonds is 6. The van der Waals surface area contributed by atoms with Crippen molar-refractivity contribution in [2.45, 2.75) is 39.7 Å². The van der Waals surface area contributed by atoms with Crippen LogP contribution in [0.1, 0.15) is 31.7 Å². The molecule has 20 heavy (non-hydrogen) atoms. The molecule has 0 saturated carbocycles. The number of aromatic nitrogens is 1. The van der Waals surface area contributed by atoms with Gasteiger partial charge >= 0.3 is 0 Å². The van der Waals surface area contributed by atoms with Crippen molar-refractivity contribution in [1.82, 2.24) is 10.3 Å². The Morgan fingerprint density at radius 2 is 2.15 bits per heavy atom. The van der Waals surface area contributed by atoms with Gasteiger partial charge in [-0.1, -0.05) is 32.0 Å². The molecule has 1 N–H and O–H groups in total. The molecule has 1 heterocycles. The molecule has 0 spiro atoms. The molecular formula is C16H21IN2O. The second-order valence-corrected chi connectivity index (χ2v) is 6.35. The molecule has 0 atom stereocenters. The number of benzene rings is 1. The monoisotopic (exact) mass is 384 g/mol. The maximum absolute atomic E-state index is 5.87. The van der Waals surface area contributed by atoms with E-state index in [-0.39, 0.29) is 0 Å². The molecule has 0 bridgehead atoms. The molecule has 0 radical (unpaired) electrons. The SMILES string of the molecule is Cc1cccc(-c2cnc(CCCNC(C)C)o2)c1I. The smallest absolute Gasteiger partial charge is 0.194 e. The van der Waals surface area contributed by atoms with Crippen molar-refractivity contribution in [2.75, 3.05) is 6.54 Å². The van der Waals surface area contributed by atoms with Crippen molar-refractivity contribution < 1.29 is 4.42 Å². The van der Waals surface area contributed by atoms with E-state index < -0.39 is 0 Å². The van der Waals surface area contributed by atoms with Crippen LogP contribution in [0, 0.1) is 10.5 Å². The predicted molar refractivity (Wildman–Crippen MR) is 90.9 cm³/mol. The molecule has 3 nitrogen and oxygen atoms in total. The molecule has 0 fully saturated rings. The first-order chi connectivity index (χ1) is 9.58. The van der Waals surface area contributed by atoms with Gasteiger partial charge in [0.05, 0.1) is 6.20 Å². The molecule has 1 aromatic heterocycles. The van der Waals surface area contributed by atoms with E-state index in [1.165, 1.54) is 9.13 Å². The van der Waals surface area contributed by atoms with Gasteiger partial charge in [-0.25, -0.2) is 4.98 Å². The lowest BCUT2D eigenvalue weighted by molar-refractivity contribution is 0.484. The van der Waals surface area contributed by atoms with Crippen molar-refractivity contribution >= 4 is 22.6 Å². The van der Waals surface area contributed by atoms with Gasteiger partial charge in [-0.2, -0.15) is 0 Å². The number of aryl methyl sites for hydroxylation is 2. The minimum Gasteiger partial charge on any atom is -0.441 e. The summed E-state index contributed by atoms with van der Waals surface area (Å²) in [7, 11) is 0. The molecule has 0 amide bonds. The van der Waals surface area contributed by atoms with Gasteiger partial charge in [0.25, 0.3) is 0 Å². The van der Waals surface area contributed by atoms with Crippen LogP contribution in [-0.2, 0) is 6.42 Å². The topological polar surface area (TPSA) is 38.1 Å². The zero-order chi connectivity index (χ0) is 14.5. The zero-order valence-electron chi connectivity index (χ0n) is 12.2. The molecule has 0 saturated heterocycles. The van der Waals surface area contributed by atoms with E-state index in [1.54, 1.807) is 0 Å². The third-order valence-electron chi connectivity index (χ3n) is 3.13. The average molecular weight is 384 g/mol. The Hall–Kier alpha value is -0.880. The Balaban J connectivity index is 2.00. The minimum absolute atomic E-state index is 0.531. The van der Waals surface area contributed by atoms with Crippen LogP contribution in [-0.4, -0.2) is 17.6 Å². The quantitative estimate of drug-likeness (QED) is 0.600. The van der Waals surface area contributed by atoms with Gasteiger partial charge in [-0.3, -0.25) is 0 Å². The van der Waals surface area contributed by atoms with Crippen LogP contribution < -0.4 is 5.32 Å². The minimum atomic E-state index is 0.531. The number of nitrogens with zero attached hydrogens (tertiary/aromatic N) is 1. The number of oxazole rings is 1. The summed E-state index contributed by atoms with van der Waals surface area (Å²) >= 11 is 2.36. The first-order valence-electron chi connectivity index (χ1n) is 7.01. The molecule has 0 aliphatic heterocycles. The van der Waals surface area contributed by atoms with Crippen LogP contribution in [0.4, 0.5) is 0 Å². The lowest BCUT2D eigenvalue weighted by atomic mass is 10.1. The van der Waals surface area contributed by atoms with E-state index in [2.05, 4.69) is 71.9 Å². The van der Waals surface area contributed by atoms with E-state index in [0.717, 1.165) is 36.6 Å². The Morgan fingerprint density at radius 3 is 2.90 bits per heavy atom. The third kappa shape index (κ3) is 4.06. The first-order valence-corrected chi connectivity index (χ1v) is 8.09. The maximum Gasteiger partial charge on any atom is 0.194 e. The van der Waals surface area contributed by atoms with Crippen LogP contribution in [0.5, 0.6) is 0 Å². The van der Waals surface area contributed by atoms with Crippen molar-refractivity contribution in [3.05, 3.63) is 39.4 Å². The van der Waals surface area contributed by atoms with Gasteiger partial charge in [0.1, 0.15) is 0 Å². The fourth-order valence-electron chi connectivity index (χ4n) is 2.02. The fourth-order valence-corrected chi connectivity index (χ4v) is 2.64. The summed E-state index contributed by atoms with van der Waals surface area (Å²) < 4.78 is 7.10. The zero-order valence-corrected chi connectivity index (χ0v) is 14.4. The highest BCUT2D eigenvalue weighted by molar-refractivity contribution is 14.1. The summed E-state index contributed by atoms with van der Waals surface area (Å²) in [6.07, 6.45) is 3.76. The highest BCUT2D eigenvalue weighted by Crippen LogP contribution is 2.28. The van der Waals surface area contributed by atoms with Crippen molar-refractivity contribution in [3.8, 4) is 11.3 Å². The first kappa shape index (κ1) is 15.5. The second kappa shape index (κ2) is 7.22. The van der Waals surface area contributed by atoms with E-state index in [1.807, 2.05) is 6.20 Å². The molecule has 0 unspecified atom stereocenters. The van der Waals surface area contributed by atoms with Crippen LogP contribution in [0.2, 0.25) is 0 Å². The summed E-state index contributed by atoms with van der Waals surface area (Å²) in [4.78, 5) is 4.38. The Bertz CT molecular complexity index is 563. The summed E-state index contributed by atoms with van der Waals surface area (Å²) in [6.45, 7) is 7.42. The normalized spacial score (nSPS) is 11.2. The molecule has 4 heteroatoms. The van der Waals surface area contributed by atoms with Crippen molar-refractivity contribution in [3.63, 3.8) is 0 Å². The van der Waals surface area contributed by atoms with Crippen molar-refractivity contribution in [2.24, 2.45) is 0 Å². The van der Waals surface area contributed by atoms with E-state index in [9.17, 15) is 0 Å². The third-order valence-corrected chi connectivity index (χ3v) is 4.56. The summed E-state index contributed by atoms with van der Waals surface area (Å²) in [6, 6.07) is 6.78. The largest absolute Gasteiger partial charge is 0.441 e. The summed E-state index contributed by atoms with van der Waals surface area (Å²) in [5.74, 6) is 1.69. The van der Waals surface area contributed by atoms with Gasteiger partial charge in [0.15, 0.2) is 11.7 Å². The standard InChI is InChI=1S/C16H21IN2O/c1-11(2)18-9-5-8-15-19-10-14(20-15)13-7-4-6-12(3)16(13)17/h4,6-7,10-11,18H,5,8-9H2,1-3H3. The highest BCUT2D eigenvalue weighted by atomic mass is 127. The molecule has 2 aromatic rings. The second-order valence-electron chi connectivity index (χ2n) is 5.27. The summed E-state index contributed by atoms with van der Waals surface area (Å²) in [5.41, 5.74) is 2.40. The number of halogens is 1. The predicted octanol–water partition coefficient (Wildman–Crippen LogP) is 4.19. The summed E-state index contributed by atoms with van der Waals surface area (Å²) in [5, 5.41) is 3.40. The number of hydrogen-bond donors (Lipinski definition) is 1. The molecule has 1 aromatic carbocycles. The molecular weight excluding hydrogens is 363 g/mol. The molecule has 0 aliphatic carbocycles. The van der Waals surface area contributed by atoms with Crippen LogP contribution in [0.25, 0.3) is 11.3 Å². The van der Waals surface area contributed by atoms with Gasteiger partial charge < -0.3 is 9.73 Å². The van der Waals surface area contributed by atoms with Gasteiger partial charge in [-0.05, 0) is 48.0 Å². The number of nitrogens with one attached hydrogen (secondary N) is 1. The molecule has 2 rings (SSSR count). The van der Waals surface area contributed by atoms with Crippen LogP contribution in [0.15, 0.2) is 28.8 Å². The molecule has 0 aliphatic rings. The Kier molecular flexibility index (Phi) is 5.60. The van der Waals surface area contributed by atoms with Crippen LogP contribution in [0.3, 0.4) is 0 Å². The van der Waals surface area contributed by atoms with Gasteiger partial charge in [0, 0.05) is 21.6 Å².